The summed E-state index contributed by atoms with van der Waals surface area (Å²) in [5.74, 6) is 0.430. The zero-order chi connectivity index (χ0) is 18.9. The Labute approximate surface area is 152 Å². The van der Waals surface area contributed by atoms with Gasteiger partial charge in [-0.2, -0.15) is 0 Å². The average Bonchev–Trinajstić information content (AvgIpc) is 3.05. The van der Waals surface area contributed by atoms with Crippen LogP contribution >= 0.6 is 0 Å². The van der Waals surface area contributed by atoms with Crippen molar-refractivity contribution in [3.63, 3.8) is 0 Å². The van der Waals surface area contributed by atoms with Gasteiger partial charge in [0.1, 0.15) is 5.41 Å². The molecule has 0 saturated heterocycles. The number of benzene rings is 2. The number of aryl methyl sites for hydroxylation is 2. The molecule has 0 fully saturated rings. The smallest absolute Gasteiger partial charge is 0.239 e. The Kier molecular flexibility index (Phi) is 4.59. The molecule has 3 rings (SSSR count). The van der Waals surface area contributed by atoms with Gasteiger partial charge in [0.05, 0.1) is 0 Å². The largest absolute Gasteiger partial charge is 0.454 e. The fraction of sp³-hybridized carbons (Fsp3) is 0.300. The van der Waals surface area contributed by atoms with Gasteiger partial charge < -0.3 is 20.1 Å². The first-order valence-electron chi connectivity index (χ1n) is 8.37. The minimum atomic E-state index is -1.26. The van der Waals surface area contributed by atoms with Crippen molar-refractivity contribution in [2.75, 3.05) is 17.4 Å². The molecular weight excluding hydrogens is 332 g/mol. The Morgan fingerprint density at radius 3 is 2.38 bits per heavy atom. The van der Waals surface area contributed by atoms with Crippen LogP contribution in [0.15, 0.2) is 36.4 Å². The highest BCUT2D eigenvalue weighted by Crippen LogP contribution is 2.34. The van der Waals surface area contributed by atoms with Crippen LogP contribution in [0.3, 0.4) is 0 Å². The maximum atomic E-state index is 12.7. The van der Waals surface area contributed by atoms with Crippen LogP contribution in [0, 0.1) is 19.3 Å². The van der Waals surface area contributed by atoms with Crippen LogP contribution in [0.2, 0.25) is 0 Å². The molecule has 0 aliphatic carbocycles. The summed E-state index contributed by atoms with van der Waals surface area (Å²) < 4.78 is 10.6. The van der Waals surface area contributed by atoms with Gasteiger partial charge in [-0.1, -0.05) is 12.1 Å². The first kappa shape index (κ1) is 17.8. The van der Waals surface area contributed by atoms with Crippen molar-refractivity contribution in [3.05, 3.63) is 47.5 Å². The summed E-state index contributed by atoms with van der Waals surface area (Å²) in [5, 5.41) is 5.62. The van der Waals surface area contributed by atoms with Crippen LogP contribution in [-0.4, -0.2) is 18.6 Å². The minimum absolute atomic E-state index is 0.163. The zero-order valence-electron chi connectivity index (χ0n) is 15.3. The molecule has 1 aliphatic heterocycles. The van der Waals surface area contributed by atoms with Crippen LogP contribution in [0.4, 0.5) is 11.4 Å². The van der Waals surface area contributed by atoms with Gasteiger partial charge in [-0.3, -0.25) is 9.59 Å². The van der Waals surface area contributed by atoms with E-state index in [0.717, 1.165) is 11.1 Å². The van der Waals surface area contributed by atoms with E-state index in [0.29, 0.717) is 22.9 Å². The summed E-state index contributed by atoms with van der Waals surface area (Å²) in [4.78, 5) is 25.4. The lowest BCUT2D eigenvalue weighted by Gasteiger charge is -2.23. The number of rotatable bonds is 4. The number of ether oxygens (including phenoxy) is 2. The highest BCUT2D eigenvalue weighted by atomic mass is 16.7. The third kappa shape index (κ3) is 3.49. The number of fused-ring (bicyclic) bond motifs is 1. The molecule has 0 saturated carbocycles. The van der Waals surface area contributed by atoms with Crippen molar-refractivity contribution in [2.45, 2.75) is 27.7 Å². The molecule has 6 nitrogen and oxygen atoms in total. The number of hydrogen-bond acceptors (Lipinski definition) is 4. The molecule has 0 unspecified atom stereocenters. The lowest BCUT2D eigenvalue weighted by Crippen LogP contribution is -2.41. The predicted octanol–water partition coefficient (Wildman–Crippen LogP) is 3.64. The molecule has 2 aromatic rings. The van der Waals surface area contributed by atoms with E-state index in [-0.39, 0.29) is 12.7 Å². The molecule has 6 heteroatoms. The molecule has 0 radical (unpaired) electrons. The summed E-state index contributed by atoms with van der Waals surface area (Å²) in [6.07, 6.45) is 0. The topological polar surface area (TPSA) is 76.7 Å². The highest BCUT2D eigenvalue weighted by Gasteiger charge is 2.36. The van der Waals surface area contributed by atoms with E-state index in [1.807, 2.05) is 32.0 Å². The normalized spacial score (nSPS) is 12.6. The summed E-state index contributed by atoms with van der Waals surface area (Å²) in [6, 6.07) is 10.9. The maximum Gasteiger partial charge on any atom is 0.239 e. The summed E-state index contributed by atoms with van der Waals surface area (Å²) in [7, 11) is 0. The van der Waals surface area contributed by atoms with Crippen molar-refractivity contribution in [3.8, 4) is 11.5 Å². The van der Waals surface area contributed by atoms with Crippen LogP contribution in [-0.2, 0) is 9.59 Å². The molecular formula is C20H22N2O4. The SMILES string of the molecule is Cc1ccc(C)c(NC(=O)C(C)(C)C(=O)Nc2ccc3c(c2)OCO3)c1. The molecule has 0 spiro atoms. The van der Waals surface area contributed by atoms with Gasteiger partial charge in [0.15, 0.2) is 11.5 Å². The molecule has 2 amide bonds. The number of carbonyl (C=O) groups is 2. The number of amides is 2. The monoisotopic (exact) mass is 354 g/mol. The van der Waals surface area contributed by atoms with Crippen LogP contribution in [0.1, 0.15) is 25.0 Å². The predicted molar refractivity (Wildman–Crippen MR) is 99.5 cm³/mol. The molecule has 1 aliphatic rings. The third-order valence-corrected chi connectivity index (χ3v) is 4.41. The summed E-state index contributed by atoms with van der Waals surface area (Å²) >= 11 is 0. The number of carbonyl (C=O) groups excluding carboxylic acids is 2. The minimum Gasteiger partial charge on any atom is -0.454 e. The number of nitrogens with one attached hydrogen (secondary N) is 2. The molecule has 136 valence electrons. The third-order valence-electron chi connectivity index (χ3n) is 4.41. The second kappa shape index (κ2) is 6.71. The van der Waals surface area contributed by atoms with Gasteiger partial charge in [-0.25, -0.2) is 0 Å². The van der Waals surface area contributed by atoms with E-state index < -0.39 is 11.3 Å². The van der Waals surface area contributed by atoms with Crippen molar-refractivity contribution in [1.29, 1.82) is 0 Å². The van der Waals surface area contributed by atoms with E-state index in [9.17, 15) is 9.59 Å². The molecule has 2 N–H and O–H groups in total. The molecule has 1 heterocycles. The second-order valence-electron chi connectivity index (χ2n) is 6.92. The quantitative estimate of drug-likeness (QED) is 0.822. The molecule has 2 aromatic carbocycles. The van der Waals surface area contributed by atoms with E-state index in [1.165, 1.54) is 0 Å². The van der Waals surface area contributed by atoms with Crippen molar-refractivity contribution in [2.24, 2.45) is 5.41 Å². The van der Waals surface area contributed by atoms with E-state index in [4.69, 9.17) is 9.47 Å². The Morgan fingerprint density at radius 1 is 0.923 bits per heavy atom. The molecule has 0 aromatic heterocycles. The number of anilines is 2. The number of hydrogen-bond donors (Lipinski definition) is 2. The van der Waals surface area contributed by atoms with Crippen LogP contribution < -0.4 is 20.1 Å². The lowest BCUT2D eigenvalue weighted by atomic mass is 9.90. The Bertz CT molecular complexity index is 874. The molecule has 0 bridgehead atoms. The Balaban J connectivity index is 1.72. The average molecular weight is 354 g/mol. The van der Waals surface area contributed by atoms with Gasteiger partial charge >= 0.3 is 0 Å². The van der Waals surface area contributed by atoms with Gasteiger partial charge in [0, 0.05) is 17.4 Å². The highest BCUT2D eigenvalue weighted by molar-refractivity contribution is 6.14. The van der Waals surface area contributed by atoms with Gasteiger partial charge in [0.2, 0.25) is 18.6 Å². The zero-order valence-corrected chi connectivity index (χ0v) is 15.3. The second-order valence-corrected chi connectivity index (χ2v) is 6.92. The Morgan fingerprint density at radius 2 is 1.62 bits per heavy atom. The van der Waals surface area contributed by atoms with Crippen molar-refractivity contribution in [1.82, 2.24) is 0 Å². The van der Waals surface area contributed by atoms with Crippen LogP contribution in [0.5, 0.6) is 11.5 Å². The fourth-order valence-corrected chi connectivity index (χ4v) is 2.51. The first-order chi connectivity index (χ1) is 12.3. The standard InChI is InChI=1S/C20H22N2O4/c1-12-5-6-13(2)15(9-12)22-19(24)20(3,4)18(23)21-14-7-8-16-17(10-14)26-11-25-16/h5-10H,11H2,1-4H3,(H,21,23)(H,22,24). The molecule has 0 atom stereocenters. The van der Waals surface area contributed by atoms with Crippen LogP contribution in [0.25, 0.3) is 0 Å². The molecule has 26 heavy (non-hydrogen) atoms. The van der Waals surface area contributed by atoms with Gasteiger partial charge in [0.25, 0.3) is 0 Å². The lowest BCUT2D eigenvalue weighted by molar-refractivity contribution is -0.135. The van der Waals surface area contributed by atoms with Gasteiger partial charge in [-0.15, -0.1) is 0 Å². The van der Waals surface area contributed by atoms with E-state index in [2.05, 4.69) is 10.6 Å². The van der Waals surface area contributed by atoms with E-state index >= 15 is 0 Å². The summed E-state index contributed by atoms with van der Waals surface area (Å²) in [6.45, 7) is 7.21. The van der Waals surface area contributed by atoms with Gasteiger partial charge in [-0.05, 0) is 57.0 Å². The first-order valence-corrected chi connectivity index (χ1v) is 8.37. The van der Waals surface area contributed by atoms with Crippen molar-refractivity contribution < 1.29 is 19.1 Å². The Hall–Kier alpha value is -3.02. The maximum absolute atomic E-state index is 12.7. The van der Waals surface area contributed by atoms with E-state index in [1.54, 1.807) is 32.0 Å². The fourth-order valence-electron chi connectivity index (χ4n) is 2.51. The van der Waals surface area contributed by atoms with Crippen molar-refractivity contribution >= 4 is 23.2 Å². The summed E-state index contributed by atoms with van der Waals surface area (Å²) in [5.41, 5.74) is 1.97.